The Kier molecular flexibility index (Phi) is 5.06. The summed E-state index contributed by atoms with van der Waals surface area (Å²) in [6.07, 6.45) is 0.573. The molecule has 3 aliphatic rings. The minimum Gasteiger partial charge on any atom is -0.477 e. The molecule has 0 bridgehead atoms. The lowest BCUT2D eigenvalue weighted by Crippen LogP contribution is -2.61. The lowest BCUT2D eigenvalue weighted by Gasteiger charge is -2.44. The van der Waals surface area contributed by atoms with Crippen LogP contribution in [0.15, 0.2) is 10.6 Å². The van der Waals surface area contributed by atoms with Crippen molar-refractivity contribution in [1.82, 2.24) is 9.80 Å². The van der Waals surface area contributed by atoms with Crippen LogP contribution in [0.2, 0.25) is 0 Å². The van der Waals surface area contributed by atoms with Gasteiger partial charge in [-0.3, -0.25) is 10.2 Å². The van der Waals surface area contributed by atoms with E-state index in [2.05, 4.69) is 0 Å². The monoisotopic (exact) mass is 417 g/mol. The summed E-state index contributed by atoms with van der Waals surface area (Å²) in [6.45, 7) is 3.62. The Hall–Kier alpha value is -1.59. The second kappa shape index (κ2) is 6.78. The van der Waals surface area contributed by atoms with Gasteiger partial charge in [0, 0.05) is 35.9 Å². The third-order valence-electron chi connectivity index (χ3n) is 5.42. The van der Waals surface area contributed by atoms with Crippen molar-refractivity contribution in [3.8, 4) is 0 Å². The molecule has 27 heavy (non-hydrogen) atoms. The maximum absolute atomic E-state index is 12.3. The van der Waals surface area contributed by atoms with Crippen molar-refractivity contribution in [3.63, 3.8) is 0 Å². The van der Waals surface area contributed by atoms with E-state index in [4.69, 9.17) is 5.41 Å². The molecule has 0 saturated carbocycles. The molecule has 2 fully saturated rings. The molecule has 3 aliphatic heterocycles. The quantitative estimate of drug-likeness (QED) is 0.315. The summed E-state index contributed by atoms with van der Waals surface area (Å²) in [5, 5.41) is 26.0. The summed E-state index contributed by atoms with van der Waals surface area (Å²) < 4.78 is 24.4. The van der Waals surface area contributed by atoms with E-state index in [0.29, 0.717) is 17.9 Å². The van der Waals surface area contributed by atoms with E-state index in [0.717, 1.165) is 6.26 Å². The van der Waals surface area contributed by atoms with E-state index in [1.165, 1.54) is 23.6 Å². The summed E-state index contributed by atoms with van der Waals surface area (Å²) >= 11 is 1.18. The zero-order valence-electron chi connectivity index (χ0n) is 15.2. The molecule has 5 atom stereocenters. The van der Waals surface area contributed by atoms with Crippen LogP contribution >= 0.6 is 11.8 Å². The highest BCUT2D eigenvalue weighted by molar-refractivity contribution is 8.04. The number of amides is 1. The molecule has 0 aromatic heterocycles. The number of carboxylic acid groups (broad SMARTS) is 1. The second-order valence-corrected chi connectivity index (χ2v) is 10.9. The van der Waals surface area contributed by atoms with Crippen LogP contribution in [0.1, 0.15) is 20.3 Å². The van der Waals surface area contributed by atoms with Crippen molar-refractivity contribution in [2.75, 3.05) is 19.3 Å². The normalized spacial score (nSPS) is 31.8. The molecule has 1 amide bonds. The van der Waals surface area contributed by atoms with Crippen LogP contribution in [0.5, 0.6) is 0 Å². The van der Waals surface area contributed by atoms with Crippen molar-refractivity contribution >= 4 is 39.3 Å². The first kappa shape index (κ1) is 20.2. The molecule has 4 unspecified atom stereocenters. The van der Waals surface area contributed by atoms with Crippen molar-refractivity contribution < 1.29 is 28.2 Å². The van der Waals surface area contributed by atoms with Gasteiger partial charge in [0.05, 0.1) is 29.1 Å². The maximum atomic E-state index is 12.3. The van der Waals surface area contributed by atoms with Crippen LogP contribution in [0.4, 0.5) is 0 Å². The van der Waals surface area contributed by atoms with Gasteiger partial charge >= 0.3 is 5.97 Å². The lowest BCUT2D eigenvalue weighted by atomic mass is 9.83. The number of aliphatic hydroxyl groups excluding tert-OH is 1. The zero-order chi connectivity index (χ0) is 20.3. The molecule has 0 spiro atoms. The number of hydrogen-bond donors (Lipinski definition) is 3. The van der Waals surface area contributed by atoms with E-state index < -0.39 is 50.3 Å². The van der Waals surface area contributed by atoms with E-state index in [9.17, 15) is 28.2 Å². The molecule has 11 heteroatoms. The summed E-state index contributed by atoms with van der Waals surface area (Å²) in [4.78, 5) is 27.4. The third kappa shape index (κ3) is 3.36. The second-order valence-electron chi connectivity index (χ2n) is 7.34. The predicted molar refractivity (Wildman–Crippen MR) is 100 cm³/mol. The number of carbonyl (C=O) groups is 2. The molecule has 3 rings (SSSR count). The van der Waals surface area contributed by atoms with Crippen LogP contribution in [-0.2, 0) is 19.4 Å². The van der Waals surface area contributed by atoms with Crippen molar-refractivity contribution in [2.45, 2.75) is 42.9 Å². The Bertz CT molecular complexity index is 837. The topological polar surface area (TPSA) is 139 Å². The molecular formula is C16H23N3O6S2. The molecule has 3 N–H and O–H groups in total. The Labute approximate surface area is 161 Å². The number of carboxylic acids is 1. The van der Waals surface area contributed by atoms with Gasteiger partial charge in [0.15, 0.2) is 9.84 Å². The number of nitrogens with one attached hydrogen (secondary N) is 1. The van der Waals surface area contributed by atoms with Gasteiger partial charge in [-0.2, -0.15) is 0 Å². The van der Waals surface area contributed by atoms with Gasteiger partial charge in [-0.25, -0.2) is 13.2 Å². The summed E-state index contributed by atoms with van der Waals surface area (Å²) in [5.74, 6) is -2.01. The minimum absolute atomic E-state index is 0.107. The van der Waals surface area contributed by atoms with Crippen molar-refractivity contribution in [3.05, 3.63) is 10.6 Å². The number of aliphatic carboxylic acids is 1. The highest BCUT2D eigenvalue weighted by Gasteiger charge is 2.57. The Morgan fingerprint density at radius 3 is 2.48 bits per heavy atom. The van der Waals surface area contributed by atoms with Gasteiger partial charge in [-0.1, -0.05) is 0 Å². The van der Waals surface area contributed by atoms with Gasteiger partial charge in [0.2, 0.25) is 5.91 Å². The van der Waals surface area contributed by atoms with Gasteiger partial charge < -0.3 is 20.0 Å². The standard InChI is InChI=1S/C16H23N3O6S2/c1-7(20)13-9-4-10(14(16(22)23)19(9)15(13)21)26-11-5-18(8(2)17)6-12(11)27(3,24)25/h7,9,11-13,17,20H,4-6H2,1-3H3,(H,22,23)/t7?,9-,11?,12?,13?/m1/s1. The Balaban J connectivity index is 1.88. The number of rotatable bonds is 5. The average Bonchev–Trinajstić information content (AvgIpc) is 3.07. The smallest absolute Gasteiger partial charge is 0.353 e. The number of sulfone groups is 1. The summed E-state index contributed by atoms with van der Waals surface area (Å²) in [6, 6.07) is -0.398. The third-order valence-corrected chi connectivity index (χ3v) is 8.60. The van der Waals surface area contributed by atoms with Crippen molar-refractivity contribution in [1.29, 1.82) is 5.41 Å². The van der Waals surface area contributed by atoms with Crippen LogP contribution in [-0.4, -0.2) is 88.1 Å². The molecular weight excluding hydrogens is 394 g/mol. The number of carbonyl (C=O) groups excluding carboxylic acids is 1. The fourth-order valence-corrected chi connectivity index (χ4v) is 7.34. The average molecular weight is 418 g/mol. The number of β-lactam (4-membered cyclic amide) rings is 1. The minimum atomic E-state index is -3.39. The van der Waals surface area contributed by atoms with Crippen molar-refractivity contribution in [2.24, 2.45) is 5.92 Å². The first-order chi connectivity index (χ1) is 12.4. The molecule has 0 aliphatic carbocycles. The number of thioether (sulfide) groups is 1. The fourth-order valence-electron chi connectivity index (χ4n) is 4.06. The molecule has 0 aromatic rings. The van der Waals surface area contributed by atoms with Crippen LogP contribution < -0.4 is 0 Å². The number of nitrogens with zero attached hydrogens (tertiary/aromatic N) is 2. The number of aliphatic hydroxyl groups is 1. The zero-order valence-corrected chi connectivity index (χ0v) is 16.9. The summed E-state index contributed by atoms with van der Waals surface area (Å²) in [5.41, 5.74) is -0.107. The number of amidine groups is 1. The Morgan fingerprint density at radius 1 is 1.37 bits per heavy atom. The highest BCUT2D eigenvalue weighted by Crippen LogP contribution is 2.49. The number of likely N-dealkylation sites (tertiary alicyclic amines) is 1. The summed E-state index contributed by atoms with van der Waals surface area (Å²) in [7, 11) is -3.39. The van der Waals surface area contributed by atoms with Crippen LogP contribution in [0, 0.1) is 11.3 Å². The van der Waals surface area contributed by atoms with Gasteiger partial charge in [0.1, 0.15) is 5.70 Å². The largest absolute Gasteiger partial charge is 0.477 e. The SMILES string of the molecule is CC(=N)N1CC(SC2=C(C(=O)O)N3C(=O)C(C(C)O)[C@H]3C2)C(S(C)(=O)=O)C1. The first-order valence-corrected chi connectivity index (χ1v) is 11.4. The molecule has 0 aromatic carbocycles. The molecule has 2 saturated heterocycles. The first-order valence-electron chi connectivity index (χ1n) is 8.56. The van der Waals surface area contributed by atoms with Gasteiger partial charge in [-0.15, -0.1) is 11.8 Å². The van der Waals surface area contributed by atoms with Gasteiger partial charge in [-0.05, 0) is 13.8 Å². The van der Waals surface area contributed by atoms with E-state index >= 15 is 0 Å². The maximum Gasteiger partial charge on any atom is 0.353 e. The number of hydrogen-bond acceptors (Lipinski definition) is 7. The molecule has 3 heterocycles. The van der Waals surface area contributed by atoms with E-state index in [1.807, 2.05) is 0 Å². The molecule has 150 valence electrons. The van der Waals surface area contributed by atoms with Crippen LogP contribution in [0.25, 0.3) is 0 Å². The fraction of sp³-hybridized carbons (Fsp3) is 0.688. The van der Waals surface area contributed by atoms with Crippen LogP contribution in [0.3, 0.4) is 0 Å². The van der Waals surface area contributed by atoms with E-state index in [1.54, 1.807) is 11.8 Å². The van der Waals surface area contributed by atoms with Gasteiger partial charge in [0.25, 0.3) is 0 Å². The number of fused-ring (bicyclic) bond motifs is 1. The predicted octanol–water partition coefficient (Wildman–Crippen LogP) is -0.278. The lowest BCUT2D eigenvalue weighted by molar-refractivity contribution is -0.161. The molecule has 9 nitrogen and oxygen atoms in total. The molecule has 0 radical (unpaired) electrons. The van der Waals surface area contributed by atoms with E-state index in [-0.39, 0.29) is 18.1 Å². The Morgan fingerprint density at radius 2 is 2.00 bits per heavy atom. The highest BCUT2D eigenvalue weighted by atomic mass is 32.2.